The maximum absolute atomic E-state index is 9.38. The molecule has 0 radical (unpaired) electrons. The molecule has 0 saturated carbocycles. The lowest BCUT2D eigenvalue weighted by Gasteiger charge is -1.71. The normalized spacial score (nSPS) is 6.83. The van der Waals surface area contributed by atoms with Crippen molar-refractivity contribution in [2.45, 2.75) is 19.8 Å². The first-order valence-electron chi connectivity index (χ1n) is 2.11. The third-order valence-corrected chi connectivity index (χ3v) is 0.516. The molecule has 0 rings (SSSR count). The second-order valence-electron chi connectivity index (χ2n) is 1.11. The third-order valence-electron chi connectivity index (χ3n) is 0.516. The van der Waals surface area contributed by atoms with Crippen LogP contribution in [0.25, 0.3) is 0 Å². The molecule has 0 spiro atoms. The number of allylic oxidation sites excluding steroid dienone is 1. The summed E-state index contributed by atoms with van der Waals surface area (Å²) < 4.78 is 0. The quantitative estimate of drug-likeness (QED) is 0.459. The molecule has 0 N–H and O–H groups in total. The van der Waals surface area contributed by atoms with Crippen molar-refractivity contribution in [1.82, 2.24) is 0 Å². The van der Waals surface area contributed by atoms with Crippen LogP contribution in [0.15, 0.2) is 6.08 Å². The molecule has 0 aliphatic rings. The first-order valence-corrected chi connectivity index (χ1v) is 2.11. The first-order chi connectivity index (χ1) is 2.91. The summed E-state index contributed by atoms with van der Waals surface area (Å²) in [5.74, 6) is 1.69. The van der Waals surface area contributed by atoms with Gasteiger partial charge in [-0.15, -0.1) is 0 Å². The van der Waals surface area contributed by atoms with Crippen LogP contribution in [0.4, 0.5) is 0 Å². The summed E-state index contributed by atoms with van der Waals surface area (Å²) in [6.45, 7) is 2.02. The van der Waals surface area contributed by atoms with Gasteiger partial charge in [0.25, 0.3) is 0 Å². The molecule has 0 atom stereocenters. The van der Waals surface area contributed by atoms with Crippen molar-refractivity contribution < 1.29 is 4.79 Å². The van der Waals surface area contributed by atoms with E-state index in [4.69, 9.17) is 0 Å². The Bertz CT molecular complexity index is 60.3. The summed E-state index contributed by atoms with van der Waals surface area (Å²) in [7, 11) is 0. The Morgan fingerprint density at radius 2 is 2.50 bits per heavy atom. The van der Waals surface area contributed by atoms with Crippen LogP contribution in [0.2, 0.25) is 0 Å². The highest BCUT2D eigenvalue weighted by atomic mass is 16.1. The average Bonchev–Trinajstić information content (AvgIpc) is 1.61. The van der Waals surface area contributed by atoms with E-state index in [1.54, 1.807) is 5.94 Å². The zero-order valence-corrected chi connectivity index (χ0v) is 3.90. The van der Waals surface area contributed by atoms with Crippen LogP contribution >= 0.6 is 0 Å². The Balaban J connectivity index is 2.86. The Morgan fingerprint density at radius 3 is 2.67 bits per heavy atom. The minimum Gasteiger partial charge on any atom is -0.234 e. The van der Waals surface area contributed by atoms with Gasteiger partial charge in [-0.2, -0.15) is 0 Å². The molecule has 0 fully saturated rings. The molecule has 0 heterocycles. The van der Waals surface area contributed by atoms with Crippen LogP contribution < -0.4 is 0 Å². The molecule has 6 heavy (non-hydrogen) atoms. The van der Waals surface area contributed by atoms with Gasteiger partial charge >= 0.3 is 0 Å². The maximum Gasteiger partial charge on any atom is 0.120 e. The Hall–Kier alpha value is -0.550. The largest absolute Gasteiger partial charge is 0.234 e. The van der Waals surface area contributed by atoms with Gasteiger partial charge in [-0.25, -0.2) is 4.79 Å². The SMILES string of the molecule is CCCC=C=O. The smallest absolute Gasteiger partial charge is 0.120 e. The fraction of sp³-hybridized carbons (Fsp3) is 0.600. The van der Waals surface area contributed by atoms with Gasteiger partial charge in [-0.3, -0.25) is 0 Å². The number of hydrogen-bond donors (Lipinski definition) is 0. The average molecular weight is 84.1 g/mol. The van der Waals surface area contributed by atoms with Crippen LogP contribution in [0, 0.1) is 0 Å². The highest BCUT2D eigenvalue weighted by Crippen LogP contribution is 1.81. The van der Waals surface area contributed by atoms with E-state index >= 15 is 0 Å². The van der Waals surface area contributed by atoms with Gasteiger partial charge in [0.1, 0.15) is 5.94 Å². The third kappa shape index (κ3) is 3.45. The van der Waals surface area contributed by atoms with Crippen LogP contribution in [0.5, 0.6) is 0 Å². The van der Waals surface area contributed by atoms with E-state index in [0.717, 1.165) is 12.8 Å². The van der Waals surface area contributed by atoms with E-state index < -0.39 is 0 Å². The van der Waals surface area contributed by atoms with E-state index in [2.05, 4.69) is 0 Å². The van der Waals surface area contributed by atoms with Gasteiger partial charge in [0.15, 0.2) is 0 Å². The molecular formula is C5H8O. The summed E-state index contributed by atoms with van der Waals surface area (Å²) in [6.07, 6.45) is 3.40. The fourth-order valence-corrected chi connectivity index (χ4v) is 0.203. The summed E-state index contributed by atoms with van der Waals surface area (Å²) in [5.41, 5.74) is 0. The van der Waals surface area contributed by atoms with E-state index in [9.17, 15) is 4.79 Å². The number of carbonyl (C=O) groups excluding carboxylic acids is 1. The second kappa shape index (κ2) is 4.45. The predicted octanol–water partition coefficient (Wildman–Crippen LogP) is 1.17. The van der Waals surface area contributed by atoms with Gasteiger partial charge in [0, 0.05) is 0 Å². The van der Waals surface area contributed by atoms with Crippen LogP contribution in [0.3, 0.4) is 0 Å². The molecule has 0 aromatic rings. The predicted molar refractivity (Wildman–Crippen MR) is 25.2 cm³/mol. The number of unbranched alkanes of at least 4 members (excludes halogenated alkanes) is 1. The number of rotatable bonds is 2. The lowest BCUT2D eigenvalue weighted by atomic mass is 10.3. The fourth-order valence-electron chi connectivity index (χ4n) is 0.203. The van der Waals surface area contributed by atoms with Crippen molar-refractivity contribution in [3.05, 3.63) is 6.08 Å². The molecule has 0 aliphatic heterocycles. The summed E-state index contributed by atoms with van der Waals surface area (Å²) in [4.78, 5) is 9.38. The molecule has 1 heteroatoms. The zero-order chi connectivity index (χ0) is 4.83. The van der Waals surface area contributed by atoms with Crippen LogP contribution in [-0.4, -0.2) is 5.94 Å². The van der Waals surface area contributed by atoms with Crippen molar-refractivity contribution >= 4 is 5.94 Å². The van der Waals surface area contributed by atoms with E-state index in [-0.39, 0.29) is 0 Å². The van der Waals surface area contributed by atoms with E-state index in [1.807, 2.05) is 6.92 Å². The summed E-state index contributed by atoms with van der Waals surface area (Å²) >= 11 is 0. The van der Waals surface area contributed by atoms with Gasteiger partial charge in [-0.05, 0) is 12.5 Å². The molecular weight excluding hydrogens is 76.1 g/mol. The Kier molecular flexibility index (Phi) is 4.04. The van der Waals surface area contributed by atoms with Crippen LogP contribution in [-0.2, 0) is 4.79 Å². The molecule has 0 aromatic heterocycles. The van der Waals surface area contributed by atoms with Crippen molar-refractivity contribution in [2.75, 3.05) is 0 Å². The lowest BCUT2D eigenvalue weighted by molar-refractivity contribution is 0.568. The van der Waals surface area contributed by atoms with Gasteiger partial charge < -0.3 is 0 Å². The van der Waals surface area contributed by atoms with Gasteiger partial charge in [-0.1, -0.05) is 13.3 Å². The highest BCUT2D eigenvalue weighted by molar-refractivity contribution is 5.44. The molecule has 0 aromatic carbocycles. The molecule has 0 aliphatic carbocycles. The molecule has 0 unspecified atom stereocenters. The van der Waals surface area contributed by atoms with E-state index in [0.29, 0.717) is 0 Å². The number of hydrogen-bond acceptors (Lipinski definition) is 1. The van der Waals surface area contributed by atoms with Crippen molar-refractivity contribution in [3.8, 4) is 0 Å². The minimum absolute atomic E-state index is 0.865. The second-order valence-corrected chi connectivity index (χ2v) is 1.11. The Morgan fingerprint density at radius 1 is 1.83 bits per heavy atom. The Labute approximate surface area is 37.7 Å². The molecule has 34 valence electrons. The zero-order valence-electron chi connectivity index (χ0n) is 3.90. The summed E-state index contributed by atoms with van der Waals surface area (Å²) in [6, 6.07) is 0. The lowest BCUT2D eigenvalue weighted by Crippen LogP contribution is -1.57. The van der Waals surface area contributed by atoms with Crippen molar-refractivity contribution in [3.63, 3.8) is 0 Å². The van der Waals surface area contributed by atoms with Crippen molar-refractivity contribution in [2.24, 2.45) is 0 Å². The van der Waals surface area contributed by atoms with Crippen LogP contribution in [0.1, 0.15) is 19.8 Å². The topological polar surface area (TPSA) is 17.1 Å². The molecule has 0 amide bonds. The van der Waals surface area contributed by atoms with Gasteiger partial charge in [0.2, 0.25) is 0 Å². The van der Waals surface area contributed by atoms with Crippen molar-refractivity contribution in [1.29, 1.82) is 0 Å². The standard InChI is InChI=1S/C5H8O/c1-2-3-4-5-6/h4H,2-3H2,1H3. The monoisotopic (exact) mass is 84.1 g/mol. The van der Waals surface area contributed by atoms with E-state index in [1.165, 1.54) is 6.08 Å². The minimum atomic E-state index is 0.865. The molecule has 1 nitrogen and oxygen atoms in total. The maximum atomic E-state index is 9.38. The molecule has 0 saturated heterocycles. The first kappa shape index (κ1) is 5.45. The summed E-state index contributed by atoms with van der Waals surface area (Å²) in [5, 5.41) is 0. The highest BCUT2D eigenvalue weighted by Gasteiger charge is 1.66. The van der Waals surface area contributed by atoms with Gasteiger partial charge in [0.05, 0.1) is 0 Å². The molecule has 0 bridgehead atoms.